The number of likely N-dealkylation sites (N-methyl/N-ethyl adjacent to an activating group) is 1. The predicted molar refractivity (Wildman–Crippen MR) is 182 cm³/mol. The van der Waals surface area contributed by atoms with Crippen molar-refractivity contribution < 1.29 is 22.7 Å². The van der Waals surface area contributed by atoms with Crippen LogP contribution < -0.4 is 9.46 Å². The van der Waals surface area contributed by atoms with Crippen LogP contribution in [0.2, 0.25) is 0 Å². The minimum Gasteiger partial charge on any atom is -0.475 e. The van der Waals surface area contributed by atoms with Gasteiger partial charge >= 0.3 is 0 Å². The maximum Gasteiger partial charge on any atom is 0.264 e. The van der Waals surface area contributed by atoms with E-state index >= 15 is 0 Å². The second-order valence-electron chi connectivity index (χ2n) is 14.2. The first-order valence-corrected chi connectivity index (χ1v) is 18.1. The lowest BCUT2D eigenvalue weighted by molar-refractivity contribution is -0.103. The Morgan fingerprint density at radius 3 is 2.45 bits per heavy atom. The number of aryl methyl sites for hydroxylation is 2. The molecule has 1 N–H and O–H groups in total. The normalized spacial score (nSPS) is 25.2. The maximum absolute atomic E-state index is 14.5. The number of benzene rings is 2. The second kappa shape index (κ2) is 13.2. The van der Waals surface area contributed by atoms with Crippen molar-refractivity contribution in [3.8, 4) is 17.1 Å². The quantitative estimate of drug-likeness (QED) is 0.327. The molecule has 2 fully saturated rings. The number of hydrogen-bond donors (Lipinski definition) is 1. The number of methoxy groups -OCH3 is 1. The molecule has 10 nitrogen and oxygen atoms in total. The van der Waals surface area contributed by atoms with E-state index in [4.69, 9.17) is 9.47 Å². The summed E-state index contributed by atoms with van der Waals surface area (Å²) in [6.45, 7) is 10.1. The van der Waals surface area contributed by atoms with Gasteiger partial charge in [-0.3, -0.25) is 4.79 Å². The molecule has 0 radical (unpaired) electrons. The summed E-state index contributed by atoms with van der Waals surface area (Å²) in [6, 6.07) is 14.4. The molecule has 252 valence electrons. The van der Waals surface area contributed by atoms with Crippen LogP contribution in [0.1, 0.15) is 67.4 Å². The summed E-state index contributed by atoms with van der Waals surface area (Å²) in [5.41, 5.74) is 4.05. The highest BCUT2D eigenvalue weighted by molar-refractivity contribution is 7.92. The van der Waals surface area contributed by atoms with Crippen LogP contribution in [0.25, 0.3) is 11.3 Å². The molecule has 2 aromatic carbocycles. The number of amides is 1. The van der Waals surface area contributed by atoms with E-state index < -0.39 is 10.0 Å². The predicted octanol–water partition coefficient (Wildman–Crippen LogP) is 5.70. The van der Waals surface area contributed by atoms with Crippen LogP contribution in [0.5, 0.6) is 5.88 Å². The summed E-state index contributed by atoms with van der Waals surface area (Å²) < 4.78 is 41.6. The Morgan fingerprint density at radius 2 is 1.77 bits per heavy atom. The molecule has 11 heteroatoms. The number of ether oxygens (including phenoxy) is 2. The first-order chi connectivity index (χ1) is 22.4. The van der Waals surface area contributed by atoms with E-state index in [2.05, 4.69) is 40.5 Å². The maximum atomic E-state index is 14.5. The van der Waals surface area contributed by atoms with Gasteiger partial charge in [-0.2, -0.15) is 4.98 Å². The number of aromatic nitrogens is 2. The van der Waals surface area contributed by atoms with Gasteiger partial charge in [-0.05, 0) is 93.7 Å². The largest absolute Gasteiger partial charge is 0.475 e. The summed E-state index contributed by atoms with van der Waals surface area (Å²) in [5, 5.41) is 0. The number of rotatable bonds is 8. The zero-order valence-corrected chi connectivity index (χ0v) is 29.1. The van der Waals surface area contributed by atoms with Crippen molar-refractivity contribution in [3.63, 3.8) is 0 Å². The second-order valence-corrected chi connectivity index (χ2v) is 15.9. The number of hydrogen-bond acceptors (Lipinski definition) is 8. The molecule has 0 saturated heterocycles. The van der Waals surface area contributed by atoms with Crippen molar-refractivity contribution in [1.29, 1.82) is 0 Å². The molecule has 1 amide bonds. The van der Waals surface area contributed by atoms with Crippen LogP contribution >= 0.6 is 0 Å². The number of carbonyl (C=O) groups is 1. The topological polar surface area (TPSA) is 114 Å². The molecular weight excluding hydrogens is 614 g/mol. The number of carbonyl (C=O) groups excluding carboxylic acids is 1. The molecule has 0 unspecified atom stereocenters. The molecule has 4 bridgehead atoms. The highest BCUT2D eigenvalue weighted by atomic mass is 32.2. The lowest BCUT2D eigenvalue weighted by atomic mass is 9.51. The van der Waals surface area contributed by atoms with Gasteiger partial charge in [0.1, 0.15) is 6.61 Å². The summed E-state index contributed by atoms with van der Waals surface area (Å²) in [7, 11) is -0.223. The Kier molecular flexibility index (Phi) is 9.34. The van der Waals surface area contributed by atoms with E-state index in [-0.39, 0.29) is 46.7 Å². The van der Waals surface area contributed by atoms with E-state index in [1.807, 2.05) is 36.9 Å². The summed E-state index contributed by atoms with van der Waals surface area (Å²) in [5.74, 6) is 0.306. The van der Waals surface area contributed by atoms with Gasteiger partial charge in [0.15, 0.2) is 0 Å². The van der Waals surface area contributed by atoms with Gasteiger partial charge in [-0.15, -0.1) is 0 Å². The van der Waals surface area contributed by atoms with Gasteiger partial charge in [-0.25, -0.2) is 18.1 Å². The Morgan fingerprint density at radius 1 is 1.06 bits per heavy atom. The Balaban J connectivity index is 1.36. The van der Waals surface area contributed by atoms with Gasteiger partial charge in [0.05, 0.1) is 23.2 Å². The molecule has 2 saturated carbocycles. The fourth-order valence-electron chi connectivity index (χ4n) is 7.77. The van der Waals surface area contributed by atoms with Crippen molar-refractivity contribution in [2.24, 2.45) is 11.3 Å². The first kappa shape index (κ1) is 33.4. The van der Waals surface area contributed by atoms with Crippen molar-refractivity contribution in [2.45, 2.75) is 82.8 Å². The molecule has 1 atom stereocenters. The standard InChI is InChI=1S/C36H47N5O5S/c1-23(2)15-27-22-46-32-17-31(33-24(3)9-7-10-25(33)4)37-35(38-32)39-47(43,44)30-12-8-11-26(16-30)34(42)41(27)29-20-36(21-29)18-28(19-36)40(5)13-14-45-6/h7-12,16-17,23,27-29H,13-15,18-22H2,1-6H3,(H,37,38,39)/t27-,28?,29?,36?/m1/s1. The van der Waals surface area contributed by atoms with Crippen molar-refractivity contribution >= 4 is 21.9 Å². The fraction of sp³-hybridized carbons (Fsp3) is 0.528. The Bertz CT molecular complexity index is 1710. The Labute approximate surface area is 278 Å². The minimum absolute atomic E-state index is 0.0162. The van der Waals surface area contributed by atoms with E-state index in [0.29, 0.717) is 29.8 Å². The molecule has 2 aliphatic carbocycles. The zero-order valence-electron chi connectivity index (χ0n) is 28.3. The third kappa shape index (κ3) is 6.89. The SMILES string of the molecule is COCCN(C)C1CC2(C1)CC(N1C(=O)c3cccc(c3)S(=O)(=O)Nc3nc(cc(-c4c(C)cccc4C)n3)OC[C@H]1CC(C)C)C2. The van der Waals surface area contributed by atoms with Gasteiger partial charge in [0.25, 0.3) is 15.9 Å². The zero-order chi connectivity index (χ0) is 33.5. The van der Waals surface area contributed by atoms with Crippen LogP contribution in [0, 0.1) is 25.2 Å². The summed E-state index contributed by atoms with van der Waals surface area (Å²) in [4.78, 5) is 28.0. The molecule has 47 heavy (non-hydrogen) atoms. The van der Waals surface area contributed by atoms with Crippen molar-refractivity contribution in [2.75, 3.05) is 38.6 Å². The average Bonchev–Trinajstić information content (AvgIpc) is 2.97. The minimum atomic E-state index is -4.11. The molecule has 3 aliphatic rings. The molecule has 3 aromatic rings. The van der Waals surface area contributed by atoms with E-state index in [9.17, 15) is 13.2 Å². The third-order valence-corrected chi connectivity index (χ3v) is 11.5. The monoisotopic (exact) mass is 661 g/mol. The Hall–Kier alpha value is -3.54. The van der Waals surface area contributed by atoms with Crippen LogP contribution in [0.3, 0.4) is 0 Å². The average molecular weight is 662 g/mol. The van der Waals surface area contributed by atoms with Gasteiger partial charge in [0, 0.05) is 42.9 Å². The van der Waals surface area contributed by atoms with Crippen LogP contribution in [-0.2, 0) is 14.8 Å². The van der Waals surface area contributed by atoms with Gasteiger partial charge in [0.2, 0.25) is 11.8 Å². The number of nitrogens with zero attached hydrogens (tertiary/aromatic N) is 4. The van der Waals surface area contributed by atoms with E-state index in [0.717, 1.165) is 55.3 Å². The highest BCUT2D eigenvalue weighted by Crippen LogP contribution is 2.59. The van der Waals surface area contributed by atoms with Crippen LogP contribution in [0.4, 0.5) is 5.95 Å². The third-order valence-electron chi connectivity index (χ3n) is 10.2. The molecule has 2 heterocycles. The van der Waals surface area contributed by atoms with Crippen LogP contribution in [0.15, 0.2) is 53.4 Å². The van der Waals surface area contributed by atoms with E-state index in [1.54, 1.807) is 25.3 Å². The number of fused-ring (bicyclic) bond motifs is 4. The van der Waals surface area contributed by atoms with Crippen LogP contribution in [-0.4, -0.2) is 86.1 Å². The first-order valence-electron chi connectivity index (χ1n) is 16.6. The highest BCUT2D eigenvalue weighted by Gasteiger charge is 2.56. The van der Waals surface area contributed by atoms with Gasteiger partial charge in [-0.1, -0.05) is 38.1 Å². The molecule has 1 spiro atoms. The van der Waals surface area contributed by atoms with Crippen molar-refractivity contribution in [1.82, 2.24) is 19.8 Å². The lowest BCUT2D eigenvalue weighted by Gasteiger charge is -2.62. The summed E-state index contributed by atoms with van der Waals surface area (Å²) >= 11 is 0. The van der Waals surface area contributed by atoms with Gasteiger partial charge < -0.3 is 19.3 Å². The molecule has 1 aromatic heterocycles. The number of sulfonamides is 1. The lowest BCUT2D eigenvalue weighted by Crippen LogP contribution is -2.64. The fourth-order valence-corrected chi connectivity index (χ4v) is 8.76. The number of anilines is 1. The molecule has 1 aliphatic heterocycles. The molecular formula is C36H47N5O5S. The number of nitrogens with one attached hydrogen (secondary N) is 1. The van der Waals surface area contributed by atoms with E-state index in [1.165, 1.54) is 12.1 Å². The molecule has 6 rings (SSSR count). The smallest absolute Gasteiger partial charge is 0.264 e. The van der Waals surface area contributed by atoms with Crippen molar-refractivity contribution in [3.05, 3.63) is 65.2 Å². The summed E-state index contributed by atoms with van der Waals surface area (Å²) in [6.07, 6.45) is 4.81.